The number of imidazole rings is 1. The van der Waals surface area contributed by atoms with E-state index >= 15 is 0 Å². The van der Waals surface area contributed by atoms with Crippen molar-refractivity contribution in [3.8, 4) is 11.5 Å². The highest BCUT2D eigenvalue weighted by molar-refractivity contribution is 7.98. The first kappa shape index (κ1) is 10.6. The lowest BCUT2D eigenvalue weighted by atomic mass is 10.2. The first-order valence-electron chi connectivity index (χ1n) is 5.50. The van der Waals surface area contributed by atoms with Crippen LogP contribution < -0.4 is 5.56 Å². The van der Waals surface area contributed by atoms with E-state index in [1.54, 1.807) is 24.3 Å². The smallest absolute Gasteiger partial charge is 0.255 e. The molecule has 0 saturated carbocycles. The Bertz CT molecular complexity index is 616. The number of hydrogen-bond donors (Lipinski definition) is 1. The quantitative estimate of drug-likeness (QED) is 0.872. The number of hydrogen-bond acceptors (Lipinski definition) is 4. The van der Waals surface area contributed by atoms with E-state index < -0.39 is 0 Å². The van der Waals surface area contributed by atoms with Gasteiger partial charge in [-0.05, 0) is 6.92 Å². The van der Waals surface area contributed by atoms with Crippen LogP contribution in [0.5, 0.6) is 0 Å². The Balaban J connectivity index is 2.17. The largest absolute Gasteiger partial charge is 0.328 e. The molecule has 5 nitrogen and oxygen atoms in total. The first-order chi connectivity index (χ1) is 8.29. The van der Waals surface area contributed by atoms with E-state index in [0.29, 0.717) is 5.82 Å². The predicted octanol–water partition coefficient (Wildman–Crippen LogP) is 1.40. The number of aryl methyl sites for hydroxylation is 1. The van der Waals surface area contributed by atoms with Gasteiger partial charge in [0.15, 0.2) is 5.82 Å². The number of thioether (sulfide) groups is 1. The maximum Gasteiger partial charge on any atom is 0.255 e. The molecule has 0 fully saturated rings. The Labute approximate surface area is 102 Å². The lowest BCUT2D eigenvalue weighted by molar-refractivity contribution is 0.762. The summed E-state index contributed by atoms with van der Waals surface area (Å²) in [5.74, 6) is 2.22. The molecule has 0 aromatic carbocycles. The Morgan fingerprint density at radius 3 is 3.24 bits per heavy atom. The predicted molar refractivity (Wildman–Crippen MR) is 66.8 cm³/mol. The molecular weight excluding hydrogens is 236 g/mol. The van der Waals surface area contributed by atoms with Crippen molar-refractivity contribution in [3.05, 3.63) is 34.1 Å². The molecule has 3 heterocycles. The number of nitrogens with zero attached hydrogens (tertiary/aromatic N) is 3. The van der Waals surface area contributed by atoms with E-state index in [9.17, 15) is 4.79 Å². The minimum absolute atomic E-state index is 0.0150. The summed E-state index contributed by atoms with van der Waals surface area (Å²) in [4.78, 5) is 23.3. The van der Waals surface area contributed by atoms with Crippen LogP contribution in [0.1, 0.15) is 18.2 Å². The second-order valence-electron chi connectivity index (χ2n) is 3.90. The number of rotatable bonds is 2. The van der Waals surface area contributed by atoms with E-state index in [-0.39, 0.29) is 5.56 Å². The average Bonchev–Trinajstić information content (AvgIpc) is 2.96. The molecular formula is C11H12N4OS. The zero-order chi connectivity index (χ0) is 11.8. The summed E-state index contributed by atoms with van der Waals surface area (Å²) in [5.41, 5.74) is 2.59. The highest BCUT2D eigenvalue weighted by Crippen LogP contribution is 2.26. The third-order valence-corrected chi connectivity index (χ3v) is 3.85. The van der Waals surface area contributed by atoms with Crippen LogP contribution in [0.25, 0.3) is 11.5 Å². The number of H-pyrrole nitrogens is 1. The standard InChI is InChI=1S/C11H12N4OS/c1-2-15-6-12-3-9(15)10-13-8-5-17-4-7(8)11(16)14-10/h3,6H,2,4-5H2,1H3,(H,13,14,16). The lowest BCUT2D eigenvalue weighted by Gasteiger charge is -2.05. The summed E-state index contributed by atoms with van der Waals surface area (Å²) in [6, 6.07) is 0. The molecule has 17 heavy (non-hydrogen) atoms. The third-order valence-electron chi connectivity index (χ3n) is 2.88. The zero-order valence-corrected chi connectivity index (χ0v) is 10.3. The Morgan fingerprint density at radius 1 is 1.53 bits per heavy atom. The third kappa shape index (κ3) is 1.68. The average molecular weight is 248 g/mol. The molecule has 0 bridgehead atoms. The number of fused-ring (bicyclic) bond motifs is 1. The van der Waals surface area contributed by atoms with Gasteiger partial charge in [0.2, 0.25) is 0 Å². The molecule has 0 saturated heterocycles. The van der Waals surface area contributed by atoms with Gasteiger partial charge in [-0.3, -0.25) is 4.79 Å². The van der Waals surface area contributed by atoms with Gasteiger partial charge in [0.25, 0.3) is 5.56 Å². The molecule has 6 heteroatoms. The lowest BCUT2D eigenvalue weighted by Crippen LogP contribution is -2.16. The molecule has 2 aromatic heterocycles. The normalized spacial score (nSPS) is 13.9. The van der Waals surface area contributed by atoms with Gasteiger partial charge < -0.3 is 9.55 Å². The highest BCUT2D eigenvalue weighted by Gasteiger charge is 2.19. The molecule has 0 atom stereocenters. The second-order valence-corrected chi connectivity index (χ2v) is 4.88. The maximum atomic E-state index is 11.9. The van der Waals surface area contributed by atoms with Crippen LogP contribution in [-0.4, -0.2) is 19.5 Å². The topological polar surface area (TPSA) is 63.6 Å². The van der Waals surface area contributed by atoms with E-state index in [0.717, 1.165) is 35.0 Å². The summed E-state index contributed by atoms with van der Waals surface area (Å²) in [7, 11) is 0. The Hall–Kier alpha value is -1.56. The fraction of sp³-hybridized carbons (Fsp3) is 0.364. The SMILES string of the molecule is CCn1cncc1-c1nc2c(c(=O)[nH]1)CSC2. The maximum absolute atomic E-state index is 11.9. The van der Waals surface area contributed by atoms with E-state index in [4.69, 9.17) is 0 Å². The molecule has 1 N–H and O–H groups in total. The van der Waals surface area contributed by atoms with Gasteiger partial charge in [-0.1, -0.05) is 0 Å². The van der Waals surface area contributed by atoms with Crippen molar-refractivity contribution in [1.29, 1.82) is 0 Å². The molecule has 2 aromatic rings. The summed E-state index contributed by atoms with van der Waals surface area (Å²) in [6.07, 6.45) is 3.48. The Kier molecular flexibility index (Phi) is 2.51. The fourth-order valence-corrected chi connectivity index (χ4v) is 2.99. The Morgan fingerprint density at radius 2 is 2.41 bits per heavy atom. The van der Waals surface area contributed by atoms with Gasteiger partial charge in [-0.15, -0.1) is 0 Å². The summed E-state index contributed by atoms with van der Waals surface area (Å²) in [6.45, 7) is 2.84. The summed E-state index contributed by atoms with van der Waals surface area (Å²) in [5, 5.41) is 0. The van der Waals surface area contributed by atoms with Crippen LogP contribution in [0.2, 0.25) is 0 Å². The molecule has 0 radical (unpaired) electrons. The second kappa shape index (κ2) is 4.03. The van der Waals surface area contributed by atoms with Gasteiger partial charge in [0.1, 0.15) is 5.69 Å². The van der Waals surface area contributed by atoms with Gasteiger partial charge in [0, 0.05) is 23.6 Å². The number of aromatic nitrogens is 4. The zero-order valence-electron chi connectivity index (χ0n) is 9.43. The van der Waals surface area contributed by atoms with Crippen molar-refractivity contribution in [3.63, 3.8) is 0 Å². The van der Waals surface area contributed by atoms with E-state index in [1.807, 2.05) is 11.5 Å². The van der Waals surface area contributed by atoms with E-state index in [1.165, 1.54) is 0 Å². The monoisotopic (exact) mass is 248 g/mol. The van der Waals surface area contributed by atoms with Crippen molar-refractivity contribution in [2.75, 3.05) is 0 Å². The molecule has 0 unspecified atom stereocenters. The van der Waals surface area contributed by atoms with Crippen molar-refractivity contribution < 1.29 is 0 Å². The van der Waals surface area contributed by atoms with Crippen molar-refractivity contribution in [2.24, 2.45) is 0 Å². The van der Waals surface area contributed by atoms with Crippen molar-refractivity contribution in [1.82, 2.24) is 19.5 Å². The van der Waals surface area contributed by atoms with Crippen molar-refractivity contribution >= 4 is 11.8 Å². The molecule has 0 aliphatic carbocycles. The van der Waals surface area contributed by atoms with Crippen LogP contribution in [-0.2, 0) is 18.1 Å². The number of aromatic amines is 1. The molecule has 1 aliphatic heterocycles. The van der Waals surface area contributed by atoms with Crippen LogP contribution in [0.15, 0.2) is 17.3 Å². The molecule has 1 aliphatic rings. The highest BCUT2D eigenvalue weighted by atomic mass is 32.2. The van der Waals surface area contributed by atoms with Gasteiger partial charge in [-0.2, -0.15) is 11.8 Å². The summed E-state index contributed by atoms with van der Waals surface area (Å²) < 4.78 is 1.97. The minimum atomic E-state index is -0.0150. The first-order valence-corrected chi connectivity index (χ1v) is 6.65. The van der Waals surface area contributed by atoms with Gasteiger partial charge in [0.05, 0.1) is 18.2 Å². The number of nitrogens with one attached hydrogen (secondary N) is 1. The van der Waals surface area contributed by atoms with Crippen LogP contribution in [0, 0.1) is 0 Å². The van der Waals surface area contributed by atoms with Crippen molar-refractivity contribution in [2.45, 2.75) is 25.0 Å². The molecule has 88 valence electrons. The molecule has 3 rings (SSSR count). The van der Waals surface area contributed by atoms with E-state index in [2.05, 4.69) is 15.0 Å². The van der Waals surface area contributed by atoms with Crippen LogP contribution in [0.4, 0.5) is 0 Å². The summed E-state index contributed by atoms with van der Waals surface area (Å²) >= 11 is 1.73. The molecule has 0 amide bonds. The van der Waals surface area contributed by atoms with Gasteiger partial charge in [-0.25, -0.2) is 9.97 Å². The van der Waals surface area contributed by atoms with Gasteiger partial charge >= 0.3 is 0 Å². The fourth-order valence-electron chi connectivity index (χ4n) is 1.95. The molecule has 0 spiro atoms. The van der Waals surface area contributed by atoms with Crippen LogP contribution in [0.3, 0.4) is 0 Å². The van der Waals surface area contributed by atoms with Crippen LogP contribution >= 0.6 is 11.8 Å². The minimum Gasteiger partial charge on any atom is -0.328 e.